The minimum Gasteiger partial charge on any atom is -0.345 e. The minimum absolute atomic E-state index is 0.0230. The quantitative estimate of drug-likeness (QED) is 0.846. The maximum Gasteiger partial charge on any atom is 0.224 e. The highest BCUT2D eigenvalue weighted by molar-refractivity contribution is 6.01. The molecule has 0 aliphatic heterocycles. The van der Waals surface area contributed by atoms with Crippen molar-refractivity contribution in [2.45, 2.75) is 46.1 Å². The fraction of sp³-hybridized carbons (Fsp3) is 0.474. The van der Waals surface area contributed by atoms with Crippen molar-refractivity contribution in [2.75, 3.05) is 0 Å². The van der Waals surface area contributed by atoms with Gasteiger partial charge in [-0.2, -0.15) is 0 Å². The molecule has 22 heavy (non-hydrogen) atoms. The van der Waals surface area contributed by atoms with Gasteiger partial charge in [-0.1, -0.05) is 57.7 Å². The zero-order valence-electron chi connectivity index (χ0n) is 13.8. The Morgan fingerprint density at radius 2 is 1.82 bits per heavy atom. The number of carbonyl (C=O) groups excluding carboxylic acids is 2. The van der Waals surface area contributed by atoms with Crippen LogP contribution in [0, 0.1) is 11.3 Å². The van der Waals surface area contributed by atoms with E-state index in [2.05, 4.69) is 24.0 Å². The summed E-state index contributed by atoms with van der Waals surface area (Å²) in [6.45, 7) is 11.3. The lowest BCUT2D eigenvalue weighted by Gasteiger charge is -2.30. The molecule has 1 fully saturated rings. The van der Waals surface area contributed by atoms with E-state index < -0.39 is 6.04 Å². The molecule has 1 amide bonds. The number of nitrogens with one attached hydrogen (secondary N) is 1. The van der Waals surface area contributed by atoms with E-state index >= 15 is 0 Å². The lowest BCUT2D eigenvalue weighted by Crippen LogP contribution is -2.50. The molecule has 0 spiro atoms. The number of amides is 1. The van der Waals surface area contributed by atoms with Crippen LogP contribution in [0.1, 0.15) is 45.6 Å². The van der Waals surface area contributed by atoms with Gasteiger partial charge in [0.15, 0.2) is 5.78 Å². The molecule has 2 rings (SSSR count). The number of carbonyl (C=O) groups is 2. The Labute approximate surface area is 132 Å². The summed E-state index contributed by atoms with van der Waals surface area (Å²) in [5.41, 5.74) is 1.35. The normalized spacial score (nSPS) is 21.8. The van der Waals surface area contributed by atoms with Crippen LogP contribution in [0.3, 0.4) is 0 Å². The highest BCUT2D eigenvalue weighted by atomic mass is 16.2. The molecule has 3 atom stereocenters. The van der Waals surface area contributed by atoms with Gasteiger partial charge in [0.25, 0.3) is 0 Å². The van der Waals surface area contributed by atoms with Gasteiger partial charge in [0, 0.05) is 5.92 Å². The number of Topliss-reactive ketones (excluding diaryl/α,β-unsaturated/α-hetero) is 1. The second kappa shape index (κ2) is 6.07. The molecule has 1 saturated carbocycles. The van der Waals surface area contributed by atoms with Crippen molar-refractivity contribution >= 4 is 11.7 Å². The number of rotatable bonds is 5. The number of hydrogen-bond donors (Lipinski definition) is 1. The molecule has 1 aromatic carbocycles. The Morgan fingerprint density at radius 3 is 2.32 bits per heavy atom. The highest BCUT2D eigenvalue weighted by Crippen LogP contribution is 2.47. The number of ketones is 1. The van der Waals surface area contributed by atoms with Crippen LogP contribution in [0.5, 0.6) is 0 Å². The first-order valence-electron chi connectivity index (χ1n) is 7.77. The molecule has 3 heteroatoms. The Morgan fingerprint density at radius 1 is 1.23 bits per heavy atom. The average molecular weight is 299 g/mol. The second-order valence-corrected chi connectivity index (χ2v) is 7.31. The second-order valence-electron chi connectivity index (χ2n) is 7.31. The fourth-order valence-corrected chi connectivity index (χ4v) is 2.72. The monoisotopic (exact) mass is 299 g/mol. The van der Waals surface area contributed by atoms with Gasteiger partial charge in [0.1, 0.15) is 0 Å². The Balaban J connectivity index is 2.04. The van der Waals surface area contributed by atoms with Crippen molar-refractivity contribution < 1.29 is 9.59 Å². The fourth-order valence-electron chi connectivity index (χ4n) is 2.72. The molecule has 0 aromatic heterocycles. The Hall–Kier alpha value is -1.90. The molecule has 118 valence electrons. The molecule has 0 heterocycles. The van der Waals surface area contributed by atoms with Gasteiger partial charge >= 0.3 is 0 Å². The number of hydrogen-bond acceptors (Lipinski definition) is 2. The third-order valence-electron chi connectivity index (χ3n) is 4.19. The summed E-state index contributed by atoms with van der Waals surface area (Å²) in [5.74, 6) is 0.146. The van der Waals surface area contributed by atoms with Crippen molar-refractivity contribution in [3.05, 3.63) is 48.0 Å². The van der Waals surface area contributed by atoms with Crippen molar-refractivity contribution in [1.29, 1.82) is 0 Å². The molecule has 1 aromatic rings. The predicted molar refractivity (Wildman–Crippen MR) is 88.5 cm³/mol. The van der Waals surface area contributed by atoms with Crippen LogP contribution >= 0.6 is 0 Å². The van der Waals surface area contributed by atoms with Crippen molar-refractivity contribution in [2.24, 2.45) is 11.3 Å². The summed E-state index contributed by atoms with van der Waals surface area (Å²) in [6.07, 6.45) is 0.855. The van der Waals surface area contributed by atoms with E-state index in [0.29, 0.717) is 5.57 Å². The SMILES string of the molecule is C=C(C)C(=O)C(NC(=O)C1CC1c1ccccc1)C(C)(C)C. The zero-order chi connectivity index (χ0) is 16.5. The molecule has 3 unspecified atom stereocenters. The van der Waals surface area contributed by atoms with Gasteiger partial charge in [-0.15, -0.1) is 0 Å². The van der Waals surface area contributed by atoms with Crippen LogP contribution < -0.4 is 5.32 Å². The Kier molecular flexibility index (Phi) is 4.55. The summed E-state index contributed by atoms with van der Waals surface area (Å²) < 4.78 is 0. The predicted octanol–water partition coefficient (Wildman–Crippen LogP) is 3.47. The maximum absolute atomic E-state index is 12.5. The van der Waals surface area contributed by atoms with Crippen molar-refractivity contribution in [3.63, 3.8) is 0 Å². The van der Waals surface area contributed by atoms with Gasteiger partial charge < -0.3 is 5.32 Å². The smallest absolute Gasteiger partial charge is 0.224 e. The van der Waals surface area contributed by atoms with E-state index in [1.807, 2.05) is 39.0 Å². The van der Waals surface area contributed by atoms with Crippen LogP contribution in [0.15, 0.2) is 42.5 Å². The zero-order valence-corrected chi connectivity index (χ0v) is 13.8. The first kappa shape index (κ1) is 16.5. The lowest BCUT2D eigenvalue weighted by molar-refractivity contribution is -0.129. The first-order chi connectivity index (χ1) is 10.2. The van der Waals surface area contributed by atoms with Crippen LogP contribution in [-0.4, -0.2) is 17.7 Å². The van der Waals surface area contributed by atoms with Crippen LogP contribution in [0.25, 0.3) is 0 Å². The summed E-state index contributed by atoms with van der Waals surface area (Å²) >= 11 is 0. The van der Waals surface area contributed by atoms with E-state index in [1.165, 1.54) is 5.56 Å². The molecule has 0 saturated heterocycles. The van der Waals surface area contributed by atoms with Gasteiger partial charge in [-0.25, -0.2) is 0 Å². The molecular formula is C19H25NO2. The van der Waals surface area contributed by atoms with E-state index in [1.54, 1.807) is 6.92 Å². The topological polar surface area (TPSA) is 46.2 Å². The van der Waals surface area contributed by atoms with E-state index in [-0.39, 0.29) is 28.9 Å². The Bertz CT molecular complexity index is 583. The molecule has 0 radical (unpaired) electrons. The molecular weight excluding hydrogens is 274 g/mol. The molecule has 0 bridgehead atoms. The minimum atomic E-state index is -0.519. The van der Waals surface area contributed by atoms with Gasteiger partial charge in [0.05, 0.1) is 6.04 Å². The molecule has 1 aliphatic carbocycles. The van der Waals surface area contributed by atoms with Crippen LogP contribution in [0.2, 0.25) is 0 Å². The first-order valence-corrected chi connectivity index (χ1v) is 7.77. The van der Waals surface area contributed by atoms with E-state index in [0.717, 1.165) is 6.42 Å². The maximum atomic E-state index is 12.5. The molecule has 3 nitrogen and oxygen atoms in total. The average Bonchev–Trinajstić information content (AvgIpc) is 3.24. The van der Waals surface area contributed by atoms with Crippen LogP contribution in [-0.2, 0) is 9.59 Å². The van der Waals surface area contributed by atoms with Gasteiger partial charge in [0.2, 0.25) is 5.91 Å². The van der Waals surface area contributed by atoms with Gasteiger partial charge in [-0.3, -0.25) is 9.59 Å². The third kappa shape index (κ3) is 3.65. The largest absolute Gasteiger partial charge is 0.345 e. The van der Waals surface area contributed by atoms with E-state index in [4.69, 9.17) is 0 Å². The van der Waals surface area contributed by atoms with E-state index in [9.17, 15) is 9.59 Å². The summed E-state index contributed by atoms with van der Waals surface area (Å²) in [7, 11) is 0. The summed E-state index contributed by atoms with van der Waals surface area (Å²) in [5, 5.41) is 2.95. The highest BCUT2D eigenvalue weighted by Gasteiger charge is 2.45. The lowest BCUT2D eigenvalue weighted by atomic mass is 9.82. The summed E-state index contributed by atoms with van der Waals surface area (Å²) in [6, 6.07) is 9.55. The number of benzene rings is 1. The van der Waals surface area contributed by atoms with Crippen molar-refractivity contribution in [1.82, 2.24) is 5.32 Å². The third-order valence-corrected chi connectivity index (χ3v) is 4.19. The van der Waals surface area contributed by atoms with Crippen molar-refractivity contribution in [3.8, 4) is 0 Å². The standard InChI is InChI=1S/C19H25NO2/c1-12(2)16(21)17(19(3,4)5)20-18(22)15-11-14(15)13-9-7-6-8-10-13/h6-10,14-15,17H,1,11H2,2-5H3,(H,20,22). The summed E-state index contributed by atoms with van der Waals surface area (Å²) in [4.78, 5) is 24.8. The molecule has 1 aliphatic rings. The molecule has 1 N–H and O–H groups in total. The van der Waals surface area contributed by atoms with Gasteiger partial charge in [-0.05, 0) is 35.8 Å². The van der Waals surface area contributed by atoms with Crippen LogP contribution in [0.4, 0.5) is 0 Å².